The van der Waals surface area contributed by atoms with Crippen molar-refractivity contribution < 1.29 is 9.47 Å². The van der Waals surface area contributed by atoms with Gasteiger partial charge in [-0.05, 0) is 41.5 Å². The van der Waals surface area contributed by atoms with Crippen LogP contribution in [0.1, 0.15) is 11.1 Å². The fourth-order valence-corrected chi connectivity index (χ4v) is 3.10. The molecule has 0 aliphatic rings. The fraction of sp³-hybridized carbons (Fsp3) is 0.0870. The zero-order chi connectivity index (χ0) is 20.8. The van der Waals surface area contributed by atoms with Gasteiger partial charge in [0.25, 0.3) is 0 Å². The first kappa shape index (κ1) is 19.6. The molecule has 3 aromatic carbocycles. The number of ether oxygens (including phenoxy) is 2. The van der Waals surface area contributed by atoms with Crippen molar-refractivity contribution >= 4 is 18.4 Å². The molecule has 150 valence electrons. The van der Waals surface area contributed by atoms with E-state index in [1.165, 1.54) is 0 Å². The molecule has 0 bridgehead atoms. The molecular weight excluding hydrogens is 396 g/mol. The number of methoxy groups -OCH3 is 1. The van der Waals surface area contributed by atoms with Crippen LogP contribution in [0, 0.1) is 4.77 Å². The molecule has 4 aromatic rings. The van der Waals surface area contributed by atoms with Crippen LogP contribution in [0.15, 0.2) is 84.0 Å². The van der Waals surface area contributed by atoms with Crippen LogP contribution in [0.25, 0.3) is 11.4 Å². The minimum absolute atomic E-state index is 0.417. The molecule has 0 aliphatic heterocycles. The van der Waals surface area contributed by atoms with Crippen molar-refractivity contribution in [1.82, 2.24) is 14.9 Å². The van der Waals surface area contributed by atoms with Crippen molar-refractivity contribution in [3.63, 3.8) is 0 Å². The normalized spacial score (nSPS) is 11.0. The summed E-state index contributed by atoms with van der Waals surface area (Å²) < 4.78 is 13.4. The third kappa shape index (κ3) is 4.47. The van der Waals surface area contributed by atoms with Crippen molar-refractivity contribution in [2.45, 2.75) is 6.61 Å². The summed E-state index contributed by atoms with van der Waals surface area (Å²) in [6.45, 7) is 0.468. The van der Waals surface area contributed by atoms with E-state index in [1.807, 2.05) is 78.9 Å². The molecule has 0 spiro atoms. The molecule has 7 heteroatoms. The molecule has 0 atom stereocenters. The minimum atomic E-state index is 0.417. The van der Waals surface area contributed by atoms with Gasteiger partial charge in [0.1, 0.15) is 6.61 Å². The Labute approximate surface area is 179 Å². The van der Waals surface area contributed by atoms with E-state index < -0.39 is 0 Å². The number of hydrogen-bond donors (Lipinski definition) is 1. The molecule has 0 fully saturated rings. The van der Waals surface area contributed by atoms with Gasteiger partial charge < -0.3 is 9.47 Å². The predicted molar refractivity (Wildman–Crippen MR) is 120 cm³/mol. The van der Waals surface area contributed by atoms with E-state index >= 15 is 0 Å². The maximum absolute atomic E-state index is 5.91. The second kappa shape index (κ2) is 9.19. The minimum Gasteiger partial charge on any atom is -0.493 e. The lowest BCUT2D eigenvalue weighted by molar-refractivity contribution is 0.284. The van der Waals surface area contributed by atoms with Crippen LogP contribution in [0.5, 0.6) is 11.5 Å². The van der Waals surface area contributed by atoms with Crippen molar-refractivity contribution in [2.24, 2.45) is 5.10 Å². The highest BCUT2D eigenvalue weighted by Gasteiger charge is 2.08. The molecule has 30 heavy (non-hydrogen) atoms. The molecule has 0 saturated heterocycles. The van der Waals surface area contributed by atoms with Gasteiger partial charge in [0.05, 0.1) is 13.3 Å². The first-order valence-corrected chi connectivity index (χ1v) is 9.77. The molecule has 0 saturated carbocycles. The summed E-state index contributed by atoms with van der Waals surface area (Å²) in [7, 11) is 1.62. The van der Waals surface area contributed by atoms with Gasteiger partial charge in [-0.3, -0.25) is 0 Å². The lowest BCUT2D eigenvalue weighted by Gasteiger charge is -2.11. The molecule has 4 rings (SSSR count). The maximum atomic E-state index is 5.91. The first-order chi connectivity index (χ1) is 14.7. The number of H-pyrrole nitrogens is 1. The quantitative estimate of drug-likeness (QED) is 0.337. The monoisotopic (exact) mass is 416 g/mol. The number of hydrogen-bond acceptors (Lipinski definition) is 5. The Morgan fingerprint density at radius 2 is 1.73 bits per heavy atom. The summed E-state index contributed by atoms with van der Waals surface area (Å²) in [6, 6.07) is 25.4. The summed E-state index contributed by atoms with van der Waals surface area (Å²) in [5.41, 5.74) is 2.86. The van der Waals surface area contributed by atoms with E-state index in [2.05, 4.69) is 15.3 Å². The van der Waals surface area contributed by atoms with E-state index in [4.69, 9.17) is 21.7 Å². The molecule has 1 N–H and O–H groups in total. The van der Waals surface area contributed by atoms with Gasteiger partial charge in [0.15, 0.2) is 17.3 Å². The van der Waals surface area contributed by atoms with Gasteiger partial charge in [0.2, 0.25) is 4.77 Å². The van der Waals surface area contributed by atoms with Crippen LogP contribution >= 0.6 is 12.2 Å². The number of nitrogens with one attached hydrogen (secondary N) is 1. The van der Waals surface area contributed by atoms with Crippen LogP contribution in [-0.4, -0.2) is 28.2 Å². The van der Waals surface area contributed by atoms with E-state index in [1.54, 1.807) is 18.0 Å². The Morgan fingerprint density at radius 1 is 1.00 bits per heavy atom. The Hall–Kier alpha value is -3.71. The SMILES string of the molecule is COc1cc(C=Nn2c(-c3ccccc3)n[nH]c2=S)ccc1OCc1ccccc1. The highest BCUT2D eigenvalue weighted by molar-refractivity contribution is 7.71. The summed E-state index contributed by atoms with van der Waals surface area (Å²) in [6.07, 6.45) is 1.71. The molecule has 0 aliphatic carbocycles. The summed E-state index contributed by atoms with van der Waals surface area (Å²) in [4.78, 5) is 0. The van der Waals surface area contributed by atoms with Crippen LogP contribution in [-0.2, 0) is 6.61 Å². The highest BCUT2D eigenvalue weighted by atomic mass is 32.1. The Bertz CT molecular complexity index is 1200. The van der Waals surface area contributed by atoms with Gasteiger partial charge >= 0.3 is 0 Å². The van der Waals surface area contributed by atoms with Crippen molar-refractivity contribution in [3.05, 3.63) is 94.8 Å². The topological polar surface area (TPSA) is 64.4 Å². The lowest BCUT2D eigenvalue weighted by atomic mass is 10.2. The Balaban J connectivity index is 1.55. The average molecular weight is 417 g/mol. The maximum Gasteiger partial charge on any atom is 0.216 e. The molecule has 6 nitrogen and oxygen atoms in total. The fourth-order valence-electron chi connectivity index (χ4n) is 2.92. The molecule has 0 radical (unpaired) electrons. The Morgan fingerprint density at radius 3 is 2.47 bits per heavy atom. The number of aromatic amines is 1. The molecule has 0 amide bonds. The lowest BCUT2D eigenvalue weighted by Crippen LogP contribution is -1.99. The second-order valence-corrected chi connectivity index (χ2v) is 6.85. The van der Waals surface area contributed by atoms with Crippen LogP contribution < -0.4 is 9.47 Å². The third-order valence-corrected chi connectivity index (χ3v) is 4.69. The van der Waals surface area contributed by atoms with Crippen molar-refractivity contribution in [1.29, 1.82) is 0 Å². The highest BCUT2D eigenvalue weighted by Crippen LogP contribution is 2.28. The summed E-state index contributed by atoms with van der Waals surface area (Å²) in [5, 5.41) is 11.6. The van der Waals surface area contributed by atoms with E-state index in [9.17, 15) is 0 Å². The molecule has 1 heterocycles. The number of nitrogens with zero attached hydrogens (tertiary/aromatic N) is 3. The predicted octanol–water partition coefficient (Wildman–Crippen LogP) is 5.08. The smallest absolute Gasteiger partial charge is 0.216 e. The largest absolute Gasteiger partial charge is 0.493 e. The average Bonchev–Trinajstić information content (AvgIpc) is 3.18. The standard InChI is InChI=1S/C23H20N4O2S/c1-28-21-14-18(12-13-20(21)29-16-17-8-4-2-5-9-17)15-24-27-22(25-26-23(27)30)19-10-6-3-7-11-19/h2-15H,16H2,1H3,(H,26,30). The second-order valence-electron chi connectivity index (χ2n) is 6.46. The Kier molecular flexibility index (Phi) is 6.01. The number of aromatic nitrogens is 3. The van der Waals surface area contributed by atoms with Crippen molar-refractivity contribution in [2.75, 3.05) is 7.11 Å². The van der Waals surface area contributed by atoms with E-state index in [0.717, 1.165) is 16.7 Å². The summed E-state index contributed by atoms with van der Waals surface area (Å²) >= 11 is 5.33. The summed E-state index contributed by atoms with van der Waals surface area (Å²) in [5.74, 6) is 1.95. The number of rotatable bonds is 7. The van der Waals surface area contributed by atoms with Crippen molar-refractivity contribution in [3.8, 4) is 22.9 Å². The zero-order valence-corrected chi connectivity index (χ0v) is 17.2. The number of benzene rings is 3. The van der Waals surface area contributed by atoms with Crippen LogP contribution in [0.2, 0.25) is 0 Å². The van der Waals surface area contributed by atoms with Crippen LogP contribution in [0.4, 0.5) is 0 Å². The van der Waals surface area contributed by atoms with E-state index in [-0.39, 0.29) is 0 Å². The molecular formula is C23H20N4O2S. The molecule has 1 aromatic heterocycles. The van der Waals surface area contributed by atoms with E-state index in [0.29, 0.717) is 28.7 Å². The van der Waals surface area contributed by atoms with Gasteiger partial charge in [-0.2, -0.15) is 14.9 Å². The third-order valence-electron chi connectivity index (χ3n) is 4.43. The van der Waals surface area contributed by atoms with Crippen LogP contribution in [0.3, 0.4) is 0 Å². The van der Waals surface area contributed by atoms with Gasteiger partial charge in [-0.15, -0.1) is 0 Å². The molecule has 0 unspecified atom stereocenters. The first-order valence-electron chi connectivity index (χ1n) is 9.36. The van der Waals surface area contributed by atoms with Gasteiger partial charge in [-0.25, -0.2) is 5.10 Å². The van der Waals surface area contributed by atoms with Gasteiger partial charge in [-0.1, -0.05) is 60.7 Å². The van der Waals surface area contributed by atoms with Gasteiger partial charge in [0, 0.05) is 5.56 Å². The zero-order valence-electron chi connectivity index (χ0n) is 16.4.